The highest BCUT2D eigenvalue weighted by molar-refractivity contribution is 5.94. The molecule has 14 heavy (non-hydrogen) atoms. The van der Waals surface area contributed by atoms with Crippen LogP contribution in [0.25, 0.3) is 0 Å². The Morgan fingerprint density at radius 2 is 2.00 bits per heavy atom. The molecule has 0 saturated heterocycles. The second-order valence-electron chi connectivity index (χ2n) is 3.16. The summed E-state index contributed by atoms with van der Waals surface area (Å²) in [5, 5.41) is 2.62. The highest BCUT2D eigenvalue weighted by atomic mass is 16.5. The number of carbonyl (C=O) groups excluding carboxylic acids is 2. The molecule has 0 unspecified atom stereocenters. The minimum Gasteiger partial charge on any atom is -0.463 e. The lowest BCUT2D eigenvalue weighted by molar-refractivity contribution is -0.138. The van der Waals surface area contributed by atoms with Gasteiger partial charge in [0.15, 0.2) is 0 Å². The summed E-state index contributed by atoms with van der Waals surface area (Å²) in [6.45, 7) is 5.99. The van der Waals surface area contributed by atoms with E-state index < -0.39 is 5.97 Å². The van der Waals surface area contributed by atoms with E-state index in [0.29, 0.717) is 6.61 Å². The van der Waals surface area contributed by atoms with E-state index in [2.05, 4.69) is 5.32 Å². The van der Waals surface area contributed by atoms with Gasteiger partial charge in [-0.25, -0.2) is 4.79 Å². The van der Waals surface area contributed by atoms with Crippen LogP contribution in [0.15, 0.2) is 12.2 Å². The maximum Gasteiger partial charge on any atom is 0.330 e. The number of esters is 1. The number of hydrogen-bond donors (Lipinski definition) is 1. The smallest absolute Gasteiger partial charge is 0.330 e. The largest absolute Gasteiger partial charge is 0.463 e. The summed E-state index contributed by atoms with van der Waals surface area (Å²) in [4.78, 5) is 21.9. The zero-order valence-corrected chi connectivity index (χ0v) is 8.87. The molecule has 0 radical (unpaired) electrons. The first-order valence-electron chi connectivity index (χ1n) is 4.71. The topological polar surface area (TPSA) is 55.4 Å². The molecular formula is C10H17NO3. The molecule has 0 aliphatic rings. The van der Waals surface area contributed by atoms with Crippen LogP contribution < -0.4 is 5.32 Å². The van der Waals surface area contributed by atoms with Crippen LogP contribution in [0.2, 0.25) is 0 Å². The summed E-state index contributed by atoms with van der Waals surface area (Å²) in [5.41, 5.74) is 0. The lowest BCUT2D eigenvalue weighted by atomic mass is 10.4. The third-order valence-corrected chi connectivity index (χ3v) is 1.25. The molecule has 0 rings (SSSR count). The van der Waals surface area contributed by atoms with Gasteiger partial charge in [-0.2, -0.15) is 0 Å². The Kier molecular flexibility index (Phi) is 6.45. The molecule has 80 valence electrons. The van der Waals surface area contributed by atoms with E-state index >= 15 is 0 Å². The Hall–Kier alpha value is -1.32. The molecule has 0 bridgehead atoms. The fourth-order valence-corrected chi connectivity index (χ4v) is 0.727. The van der Waals surface area contributed by atoms with Crippen LogP contribution in [-0.2, 0) is 14.3 Å². The highest BCUT2D eigenvalue weighted by Crippen LogP contribution is 1.85. The predicted molar refractivity (Wildman–Crippen MR) is 53.7 cm³/mol. The van der Waals surface area contributed by atoms with Gasteiger partial charge in [-0.15, -0.1) is 0 Å². The molecule has 0 spiro atoms. The van der Waals surface area contributed by atoms with Gasteiger partial charge in [0.25, 0.3) is 0 Å². The molecule has 1 N–H and O–H groups in total. The number of rotatable bonds is 5. The van der Waals surface area contributed by atoms with Crippen molar-refractivity contribution in [2.45, 2.75) is 33.2 Å². The van der Waals surface area contributed by atoms with Gasteiger partial charge < -0.3 is 10.1 Å². The van der Waals surface area contributed by atoms with E-state index in [1.54, 1.807) is 0 Å². The molecule has 4 heteroatoms. The third kappa shape index (κ3) is 7.34. The Morgan fingerprint density at radius 3 is 2.50 bits per heavy atom. The molecule has 0 aliphatic heterocycles. The van der Waals surface area contributed by atoms with Gasteiger partial charge in [0, 0.05) is 18.2 Å². The summed E-state index contributed by atoms with van der Waals surface area (Å²) >= 11 is 0. The molecule has 0 aromatic rings. The second kappa shape index (κ2) is 7.12. The van der Waals surface area contributed by atoms with Crippen molar-refractivity contribution in [2.24, 2.45) is 0 Å². The van der Waals surface area contributed by atoms with Gasteiger partial charge in [-0.3, -0.25) is 4.79 Å². The Bertz CT molecular complexity index is 221. The third-order valence-electron chi connectivity index (χ3n) is 1.25. The van der Waals surface area contributed by atoms with E-state index in [1.165, 1.54) is 6.08 Å². The zero-order valence-electron chi connectivity index (χ0n) is 8.87. The van der Waals surface area contributed by atoms with Gasteiger partial charge >= 0.3 is 5.97 Å². The molecule has 0 heterocycles. The van der Waals surface area contributed by atoms with Crippen molar-refractivity contribution in [3.63, 3.8) is 0 Å². The van der Waals surface area contributed by atoms with Crippen LogP contribution in [0.5, 0.6) is 0 Å². The van der Waals surface area contributed by atoms with Crippen molar-refractivity contribution < 1.29 is 14.3 Å². The van der Waals surface area contributed by atoms with Crippen LogP contribution >= 0.6 is 0 Å². The van der Waals surface area contributed by atoms with Gasteiger partial charge in [0.05, 0.1) is 6.61 Å². The van der Waals surface area contributed by atoms with Crippen LogP contribution in [-0.4, -0.2) is 24.5 Å². The van der Waals surface area contributed by atoms with E-state index in [9.17, 15) is 9.59 Å². The molecular weight excluding hydrogens is 182 g/mol. The molecule has 4 nitrogen and oxygen atoms in total. The van der Waals surface area contributed by atoms with Crippen LogP contribution in [0.1, 0.15) is 27.2 Å². The first kappa shape index (κ1) is 12.7. The number of amides is 1. The fraction of sp³-hybridized carbons (Fsp3) is 0.600. The fourth-order valence-electron chi connectivity index (χ4n) is 0.727. The first-order chi connectivity index (χ1) is 6.56. The number of carbonyl (C=O) groups is 2. The molecule has 0 atom stereocenters. The van der Waals surface area contributed by atoms with E-state index in [1.807, 2.05) is 20.8 Å². The normalized spacial score (nSPS) is 10.6. The van der Waals surface area contributed by atoms with Crippen LogP contribution in [0, 0.1) is 0 Å². The lowest BCUT2D eigenvalue weighted by Crippen LogP contribution is -2.28. The standard InChI is InChI=1S/C10H17NO3/c1-4-7-14-10(13)6-5-9(12)11-8(2)3/h5-6,8H,4,7H2,1-3H3,(H,11,12)/b6-5-. The van der Waals surface area contributed by atoms with Crippen molar-refractivity contribution in [1.82, 2.24) is 5.32 Å². The van der Waals surface area contributed by atoms with E-state index in [4.69, 9.17) is 4.74 Å². The van der Waals surface area contributed by atoms with Crippen LogP contribution in [0.4, 0.5) is 0 Å². The van der Waals surface area contributed by atoms with Crippen LogP contribution in [0.3, 0.4) is 0 Å². The maximum absolute atomic E-state index is 11.0. The summed E-state index contributed by atoms with van der Waals surface area (Å²) in [6.07, 6.45) is 3.09. The molecule has 0 fully saturated rings. The summed E-state index contributed by atoms with van der Waals surface area (Å²) < 4.78 is 4.74. The Labute approximate surface area is 84.3 Å². The molecule has 0 aliphatic carbocycles. The van der Waals surface area contributed by atoms with Gasteiger partial charge in [0.1, 0.15) is 0 Å². The van der Waals surface area contributed by atoms with E-state index in [-0.39, 0.29) is 11.9 Å². The monoisotopic (exact) mass is 199 g/mol. The van der Waals surface area contributed by atoms with E-state index in [0.717, 1.165) is 12.5 Å². The van der Waals surface area contributed by atoms with Crippen molar-refractivity contribution in [2.75, 3.05) is 6.61 Å². The number of hydrogen-bond acceptors (Lipinski definition) is 3. The molecule has 0 aromatic heterocycles. The minimum atomic E-state index is -0.481. The van der Waals surface area contributed by atoms with Crippen molar-refractivity contribution >= 4 is 11.9 Å². The summed E-state index contributed by atoms with van der Waals surface area (Å²) in [6, 6.07) is 0.0683. The van der Waals surface area contributed by atoms with Gasteiger partial charge in [-0.1, -0.05) is 6.92 Å². The van der Waals surface area contributed by atoms with Crippen molar-refractivity contribution in [3.05, 3.63) is 12.2 Å². The minimum absolute atomic E-state index is 0.0683. The first-order valence-corrected chi connectivity index (χ1v) is 4.71. The number of nitrogens with one attached hydrogen (secondary N) is 1. The SMILES string of the molecule is CCCOC(=O)/C=C\C(=O)NC(C)C. The Morgan fingerprint density at radius 1 is 1.36 bits per heavy atom. The van der Waals surface area contributed by atoms with Gasteiger partial charge in [-0.05, 0) is 20.3 Å². The molecule has 1 amide bonds. The zero-order chi connectivity index (χ0) is 11.0. The lowest BCUT2D eigenvalue weighted by Gasteiger charge is -2.03. The maximum atomic E-state index is 11.0. The highest BCUT2D eigenvalue weighted by Gasteiger charge is 2.00. The van der Waals surface area contributed by atoms with Crippen molar-refractivity contribution in [3.8, 4) is 0 Å². The summed E-state index contributed by atoms with van der Waals surface area (Å²) in [5.74, 6) is -0.765. The molecule has 0 saturated carbocycles. The molecule has 0 aromatic carbocycles. The predicted octanol–water partition coefficient (Wildman–Crippen LogP) is 1.02. The number of ether oxygens (including phenoxy) is 1. The Balaban J connectivity index is 3.79. The quantitative estimate of drug-likeness (QED) is 0.531. The van der Waals surface area contributed by atoms with Crippen molar-refractivity contribution in [1.29, 1.82) is 0 Å². The summed E-state index contributed by atoms with van der Waals surface area (Å²) in [7, 11) is 0. The van der Waals surface area contributed by atoms with Gasteiger partial charge in [0.2, 0.25) is 5.91 Å². The average Bonchev–Trinajstić information content (AvgIpc) is 2.10. The second-order valence-corrected chi connectivity index (χ2v) is 3.16. The average molecular weight is 199 g/mol.